The van der Waals surface area contributed by atoms with Crippen molar-refractivity contribution in [2.45, 2.75) is 44.0 Å². The first-order chi connectivity index (χ1) is 14.7. The third kappa shape index (κ3) is 5.66. The average molecular weight is 464 g/mol. The molecule has 2 aromatic carbocycles. The number of sulfonamides is 1. The average Bonchev–Trinajstić information content (AvgIpc) is 2.78. The van der Waals surface area contributed by atoms with Crippen molar-refractivity contribution in [3.05, 3.63) is 59.1 Å². The Morgan fingerprint density at radius 1 is 1.06 bits per heavy atom. The van der Waals surface area contributed by atoms with Crippen molar-refractivity contribution in [2.75, 3.05) is 31.5 Å². The van der Waals surface area contributed by atoms with E-state index in [1.54, 1.807) is 36.4 Å². The maximum atomic E-state index is 13.0. The molecule has 6 nitrogen and oxygen atoms in total. The first-order valence-corrected chi connectivity index (χ1v) is 12.4. The molecule has 0 aromatic heterocycles. The number of anilines is 1. The Labute approximate surface area is 190 Å². The zero-order valence-corrected chi connectivity index (χ0v) is 19.8. The highest BCUT2D eigenvalue weighted by Gasteiger charge is 2.31. The molecule has 8 heteroatoms. The van der Waals surface area contributed by atoms with Gasteiger partial charge in [0.15, 0.2) is 0 Å². The minimum absolute atomic E-state index is 0.140. The number of carbonyl (C=O) groups is 1. The topological polar surface area (TPSA) is 69.7 Å². The molecule has 1 heterocycles. The summed E-state index contributed by atoms with van der Waals surface area (Å²) < 4.78 is 27.6. The van der Waals surface area contributed by atoms with Crippen LogP contribution in [0.15, 0.2) is 53.4 Å². The molecule has 1 amide bonds. The Balaban J connectivity index is 1.59. The van der Waals surface area contributed by atoms with Crippen LogP contribution in [0.1, 0.15) is 38.7 Å². The Morgan fingerprint density at radius 2 is 1.71 bits per heavy atom. The summed E-state index contributed by atoms with van der Waals surface area (Å²) in [5.74, 6) is 0.263. The second-order valence-electron chi connectivity index (χ2n) is 7.99. The van der Waals surface area contributed by atoms with Crippen molar-refractivity contribution in [3.8, 4) is 0 Å². The number of carbonyl (C=O) groups excluding carboxylic acids is 1. The number of nitrogens with zero attached hydrogens (tertiary/aromatic N) is 2. The third-order valence-electron chi connectivity index (χ3n) is 5.99. The van der Waals surface area contributed by atoms with Gasteiger partial charge in [0.2, 0.25) is 15.9 Å². The molecular formula is C23H30ClN3O3S. The van der Waals surface area contributed by atoms with Gasteiger partial charge in [-0.2, -0.15) is 4.31 Å². The van der Waals surface area contributed by atoms with Gasteiger partial charge in [-0.1, -0.05) is 43.6 Å². The Bertz CT molecular complexity index is 1000. The third-order valence-corrected chi connectivity index (χ3v) is 8.14. The molecule has 1 saturated heterocycles. The van der Waals surface area contributed by atoms with Crippen LogP contribution < -0.4 is 5.32 Å². The highest BCUT2D eigenvalue weighted by molar-refractivity contribution is 7.89. The van der Waals surface area contributed by atoms with Gasteiger partial charge >= 0.3 is 0 Å². The Kier molecular flexibility index (Phi) is 7.75. The maximum Gasteiger partial charge on any atom is 0.243 e. The Morgan fingerprint density at radius 3 is 2.29 bits per heavy atom. The van der Waals surface area contributed by atoms with Gasteiger partial charge in [-0.25, -0.2) is 8.42 Å². The number of amides is 1. The largest absolute Gasteiger partial charge is 0.325 e. The van der Waals surface area contributed by atoms with E-state index in [-0.39, 0.29) is 11.9 Å². The van der Waals surface area contributed by atoms with E-state index in [0.717, 1.165) is 12.0 Å². The lowest BCUT2D eigenvalue weighted by atomic mass is 9.99. The molecule has 1 aliphatic rings. The molecule has 0 spiro atoms. The van der Waals surface area contributed by atoms with E-state index in [4.69, 9.17) is 11.6 Å². The first-order valence-electron chi connectivity index (χ1n) is 10.6. The van der Waals surface area contributed by atoms with Gasteiger partial charge in [-0.05, 0) is 55.2 Å². The number of rotatable bonds is 7. The van der Waals surface area contributed by atoms with Crippen LogP contribution in [0.3, 0.4) is 0 Å². The lowest BCUT2D eigenvalue weighted by molar-refractivity contribution is -0.121. The van der Waals surface area contributed by atoms with E-state index in [2.05, 4.69) is 19.2 Å². The van der Waals surface area contributed by atoms with Crippen molar-refractivity contribution in [2.24, 2.45) is 0 Å². The molecule has 3 rings (SSSR count). The number of benzene rings is 2. The molecule has 0 saturated carbocycles. The summed E-state index contributed by atoms with van der Waals surface area (Å²) in [5.41, 5.74) is 1.79. The summed E-state index contributed by atoms with van der Waals surface area (Å²) in [7, 11) is -3.54. The first kappa shape index (κ1) is 23.7. The van der Waals surface area contributed by atoms with Gasteiger partial charge in [-0.15, -0.1) is 0 Å². The van der Waals surface area contributed by atoms with Gasteiger partial charge in [0.05, 0.1) is 10.9 Å². The normalized spacial score (nSPS) is 17.8. The summed E-state index contributed by atoms with van der Waals surface area (Å²) in [5, 5.41) is 3.43. The van der Waals surface area contributed by atoms with E-state index in [1.165, 1.54) is 4.31 Å². The Hall–Kier alpha value is -1.93. The van der Waals surface area contributed by atoms with Crippen molar-refractivity contribution in [3.63, 3.8) is 0 Å². The van der Waals surface area contributed by atoms with Gasteiger partial charge < -0.3 is 5.32 Å². The number of hydrogen-bond acceptors (Lipinski definition) is 4. The van der Waals surface area contributed by atoms with E-state index >= 15 is 0 Å². The maximum absolute atomic E-state index is 13.0. The molecule has 0 radical (unpaired) electrons. The zero-order chi connectivity index (χ0) is 22.6. The molecular weight excluding hydrogens is 434 g/mol. The van der Waals surface area contributed by atoms with Gasteiger partial charge in [0.25, 0.3) is 0 Å². The zero-order valence-electron chi connectivity index (χ0n) is 18.2. The molecule has 0 bridgehead atoms. The molecule has 1 N–H and O–H groups in total. The monoisotopic (exact) mass is 463 g/mol. The fourth-order valence-corrected chi connectivity index (χ4v) is 5.28. The van der Waals surface area contributed by atoms with Crippen LogP contribution >= 0.6 is 11.6 Å². The predicted octanol–water partition coefficient (Wildman–Crippen LogP) is 4.19. The van der Waals surface area contributed by atoms with Crippen LogP contribution in [-0.2, 0) is 14.8 Å². The van der Waals surface area contributed by atoms with E-state index < -0.39 is 10.0 Å². The number of nitrogens with one attached hydrogen (secondary N) is 1. The van der Waals surface area contributed by atoms with Crippen LogP contribution in [0.25, 0.3) is 0 Å². The van der Waals surface area contributed by atoms with E-state index in [1.807, 2.05) is 24.0 Å². The number of hydrogen-bond donors (Lipinski definition) is 1. The summed E-state index contributed by atoms with van der Waals surface area (Å²) in [6.45, 7) is 7.77. The lowest BCUT2D eigenvalue weighted by Gasteiger charge is -2.36. The van der Waals surface area contributed by atoms with Gasteiger partial charge in [-0.3, -0.25) is 9.69 Å². The second kappa shape index (κ2) is 10.1. The second-order valence-corrected chi connectivity index (χ2v) is 10.4. The van der Waals surface area contributed by atoms with E-state index in [9.17, 15) is 13.2 Å². The van der Waals surface area contributed by atoms with Crippen molar-refractivity contribution in [1.29, 1.82) is 0 Å². The molecule has 0 unspecified atom stereocenters. The van der Waals surface area contributed by atoms with Crippen LogP contribution in [-0.4, -0.2) is 55.8 Å². The van der Waals surface area contributed by atoms with Crippen molar-refractivity contribution >= 4 is 33.2 Å². The van der Waals surface area contributed by atoms with Gasteiger partial charge in [0.1, 0.15) is 0 Å². The standard InChI is InChI=1S/C23H30ClN3O3S/c1-4-17(2)19-8-10-22(11-9-19)31(29,30)27-14-12-26(13-15-27)18(3)23(28)25-21-7-5-6-20(24)16-21/h5-11,16-18H,4,12-15H2,1-3H3,(H,25,28)/t17-,18+/m1/s1. The molecule has 2 aromatic rings. The number of halogens is 1. The van der Waals surface area contributed by atoms with E-state index in [0.29, 0.717) is 47.7 Å². The summed E-state index contributed by atoms with van der Waals surface area (Å²) in [6.07, 6.45) is 1.01. The lowest BCUT2D eigenvalue weighted by Crippen LogP contribution is -2.53. The predicted molar refractivity (Wildman–Crippen MR) is 125 cm³/mol. The fraction of sp³-hybridized carbons (Fsp3) is 0.435. The molecule has 1 fully saturated rings. The quantitative estimate of drug-likeness (QED) is 0.668. The molecule has 168 valence electrons. The highest BCUT2D eigenvalue weighted by atomic mass is 35.5. The van der Waals surface area contributed by atoms with Crippen LogP contribution in [0.2, 0.25) is 5.02 Å². The van der Waals surface area contributed by atoms with Crippen molar-refractivity contribution in [1.82, 2.24) is 9.21 Å². The van der Waals surface area contributed by atoms with Crippen LogP contribution in [0.5, 0.6) is 0 Å². The minimum Gasteiger partial charge on any atom is -0.325 e. The SMILES string of the molecule is CC[C@@H](C)c1ccc(S(=O)(=O)N2CCN([C@@H](C)C(=O)Nc3cccc(Cl)c3)CC2)cc1. The summed E-state index contributed by atoms with van der Waals surface area (Å²) in [4.78, 5) is 14.9. The van der Waals surface area contributed by atoms with Crippen LogP contribution in [0, 0.1) is 0 Å². The molecule has 31 heavy (non-hydrogen) atoms. The molecule has 0 aliphatic carbocycles. The smallest absolute Gasteiger partial charge is 0.243 e. The summed E-state index contributed by atoms with van der Waals surface area (Å²) >= 11 is 5.97. The summed E-state index contributed by atoms with van der Waals surface area (Å²) in [6, 6.07) is 13.8. The molecule has 2 atom stereocenters. The minimum atomic E-state index is -3.54. The molecule has 1 aliphatic heterocycles. The fourth-order valence-electron chi connectivity index (χ4n) is 3.66. The highest BCUT2D eigenvalue weighted by Crippen LogP contribution is 2.23. The van der Waals surface area contributed by atoms with Crippen LogP contribution in [0.4, 0.5) is 5.69 Å². The van der Waals surface area contributed by atoms with Crippen molar-refractivity contribution < 1.29 is 13.2 Å². The van der Waals surface area contributed by atoms with Gasteiger partial charge in [0, 0.05) is 36.9 Å². The number of piperazine rings is 1.